The van der Waals surface area contributed by atoms with Gasteiger partial charge in [-0.25, -0.2) is 4.39 Å². The molecular formula is C24H22FNO5S. The summed E-state index contributed by atoms with van der Waals surface area (Å²) in [6.45, 7) is 0.323. The molecule has 1 saturated carbocycles. The Morgan fingerprint density at radius 3 is 2.31 bits per heavy atom. The van der Waals surface area contributed by atoms with Gasteiger partial charge in [0.2, 0.25) is 0 Å². The summed E-state index contributed by atoms with van der Waals surface area (Å²) in [5.74, 6) is 0.166. The molecule has 3 aromatic carbocycles. The lowest BCUT2D eigenvalue weighted by Gasteiger charge is -2.23. The van der Waals surface area contributed by atoms with Crippen molar-refractivity contribution in [3.8, 4) is 11.5 Å². The maximum Gasteiger partial charge on any atom is 0.339 e. The number of carbonyl (C=O) groups excluding carboxylic acids is 1. The zero-order valence-electron chi connectivity index (χ0n) is 17.4. The van der Waals surface area contributed by atoms with Crippen molar-refractivity contribution in [3.05, 3.63) is 89.7 Å². The number of benzene rings is 3. The summed E-state index contributed by atoms with van der Waals surface area (Å²) >= 11 is 0. The molecule has 1 amide bonds. The van der Waals surface area contributed by atoms with Crippen molar-refractivity contribution in [3.63, 3.8) is 0 Å². The van der Waals surface area contributed by atoms with Crippen LogP contribution < -0.4 is 8.92 Å². The predicted octanol–water partition coefficient (Wildman–Crippen LogP) is 4.41. The summed E-state index contributed by atoms with van der Waals surface area (Å²) in [7, 11) is -2.54. The molecule has 0 aliphatic heterocycles. The summed E-state index contributed by atoms with van der Waals surface area (Å²) in [4.78, 5) is 14.7. The summed E-state index contributed by atoms with van der Waals surface area (Å²) in [6, 6.07) is 18.1. The molecule has 0 radical (unpaired) electrons. The quantitative estimate of drug-likeness (QED) is 0.471. The van der Waals surface area contributed by atoms with Crippen molar-refractivity contribution in [1.82, 2.24) is 4.90 Å². The third-order valence-electron chi connectivity index (χ3n) is 5.15. The van der Waals surface area contributed by atoms with E-state index in [-0.39, 0.29) is 22.6 Å². The minimum atomic E-state index is -4.10. The summed E-state index contributed by atoms with van der Waals surface area (Å²) in [6.07, 6.45) is 1.86. The second-order valence-corrected chi connectivity index (χ2v) is 9.08. The number of carbonyl (C=O) groups is 1. The fraction of sp³-hybridized carbons (Fsp3) is 0.208. The van der Waals surface area contributed by atoms with Crippen LogP contribution in [0.2, 0.25) is 0 Å². The first kappa shape index (κ1) is 21.8. The number of ether oxygens (including phenoxy) is 1. The third-order valence-corrected chi connectivity index (χ3v) is 6.41. The van der Waals surface area contributed by atoms with Crippen LogP contribution in [0.25, 0.3) is 0 Å². The zero-order valence-corrected chi connectivity index (χ0v) is 18.2. The van der Waals surface area contributed by atoms with Crippen LogP contribution in [0.1, 0.15) is 28.8 Å². The maximum absolute atomic E-state index is 13.1. The standard InChI is InChI=1S/C24H22FNO5S/c1-30-21-11-5-18(6-12-21)24(27)26(20-9-10-20)16-17-3-2-4-22(15-17)31-32(28,29)23-13-7-19(25)8-14-23/h2-8,11-15,20H,9-10,16H2,1H3. The van der Waals surface area contributed by atoms with Crippen LogP contribution in [-0.2, 0) is 16.7 Å². The molecule has 3 aromatic rings. The molecule has 8 heteroatoms. The van der Waals surface area contributed by atoms with Gasteiger partial charge in [0.05, 0.1) is 7.11 Å². The Morgan fingerprint density at radius 2 is 1.69 bits per heavy atom. The molecule has 1 aliphatic carbocycles. The average molecular weight is 456 g/mol. The first-order chi connectivity index (χ1) is 15.4. The van der Waals surface area contributed by atoms with E-state index in [4.69, 9.17) is 8.92 Å². The minimum Gasteiger partial charge on any atom is -0.497 e. The van der Waals surface area contributed by atoms with Crippen LogP contribution in [0.3, 0.4) is 0 Å². The van der Waals surface area contributed by atoms with Crippen molar-refractivity contribution >= 4 is 16.0 Å². The van der Waals surface area contributed by atoms with E-state index in [1.807, 2.05) is 6.07 Å². The van der Waals surface area contributed by atoms with E-state index in [1.165, 1.54) is 6.07 Å². The number of methoxy groups -OCH3 is 1. The van der Waals surface area contributed by atoms with Crippen molar-refractivity contribution < 1.29 is 26.5 Å². The normalized spacial score (nSPS) is 13.4. The van der Waals surface area contributed by atoms with Gasteiger partial charge in [-0.1, -0.05) is 12.1 Å². The van der Waals surface area contributed by atoms with Gasteiger partial charge in [0, 0.05) is 18.2 Å². The summed E-state index contributed by atoms with van der Waals surface area (Å²) < 4.78 is 48.5. The molecule has 0 saturated heterocycles. The molecule has 0 aromatic heterocycles. The lowest BCUT2D eigenvalue weighted by Crippen LogP contribution is -2.32. The second-order valence-electron chi connectivity index (χ2n) is 7.53. The van der Waals surface area contributed by atoms with Gasteiger partial charge in [0.1, 0.15) is 22.2 Å². The number of nitrogens with zero attached hydrogens (tertiary/aromatic N) is 1. The Hall–Kier alpha value is -3.39. The highest BCUT2D eigenvalue weighted by molar-refractivity contribution is 7.87. The molecule has 0 heterocycles. The third kappa shape index (κ3) is 5.08. The van der Waals surface area contributed by atoms with Gasteiger partial charge in [-0.2, -0.15) is 8.42 Å². The largest absolute Gasteiger partial charge is 0.497 e. The lowest BCUT2D eigenvalue weighted by atomic mass is 10.1. The molecule has 4 rings (SSSR count). The highest BCUT2D eigenvalue weighted by Gasteiger charge is 2.33. The van der Waals surface area contributed by atoms with Gasteiger partial charge in [-0.3, -0.25) is 4.79 Å². The Morgan fingerprint density at radius 1 is 1.00 bits per heavy atom. The molecule has 0 bridgehead atoms. The topological polar surface area (TPSA) is 72.9 Å². The number of hydrogen-bond acceptors (Lipinski definition) is 5. The average Bonchev–Trinajstić information content (AvgIpc) is 3.63. The van der Waals surface area contributed by atoms with Crippen molar-refractivity contribution in [1.29, 1.82) is 0 Å². The van der Waals surface area contributed by atoms with E-state index < -0.39 is 15.9 Å². The highest BCUT2D eigenvalue weighted by atomic mass is 32.2. The molecule has 32 heavy (non-hydrogen) atoms. The minimum absolute atomic E-state index is 0.0968. The van der Waals surface area contributed by atoms with Crippen LogP contribution in [0, 0.1) is 5.82 Å². The second kappa shape index (κ2) is 9.00. The molecule has 0 unspecified atom stereocenters. The molecule has 0 spiro atoms. The monoisotopic (exact) mass is 455 g/mol. The molecule has 1 fully saturated rings. The van der Waals surface area contributed by atoms with E-state index in [0.29, 0.717) is 17.9 Å². The van der Waals surface area contributed by atoms with Gasteiger partial charge in [-0.15, -0.1) is 0 Å². The van der Waals surface area contributed by atoms with Crippen molar-refractivity contribution in [2.45, 2.75) is 30.3 Å². The fourth-order valence-corrected chi connectivity index (χ4v) is 4.24. The highest BCUT2D eigenvalue weighted by Crippen LogP contribution is 2.31. The maximum atomic E-state index is 13.1. The van der Waals surface area contributed by atoms with Crippen LogP contribution in [0.4, 0.5) is 4.39 Å². The van der Waals surface area contributed by atoms with Crippen molar-refractivity contribution in [2.75, 3.05) is 7.11 Å². The number of rotatable bonds is 8. The smallest absolute Gasteiger partial charge is 0.339 e. The van der Waals surface area contributed by atoms with Gasteiger partial charge in [-0.05, 0) is 79.1 Å². The van der Waals surface area contributed by atoms with Gasteiger partial charge < -0.3 is 13.8 Å². The molecule has 0 atom stereocenters. The fourth-order valence-electron chi connectivity index (χ4n) is 3.32. The molecular weight excluding hydrogens is 433 g/mol. The van der Waals surface area contributed by atoms with Crippen LogP contribution in [-0.4, -0.2) is 32.4 Å². The van der Waals surface area contributed by atoms with E-state index >= 15 is 0 Å². The Bertz CT molecular complexity index is 1210. The van der Waals surface area contributed by atoms with E-state index in [2.05, 4.69) is 0 Å². The SMILES string of the molecule is COc1ccc(C(=O)N(Cc2cccc(OS(=O)(=O)c3ccc(F)cc3)c2)C2CC2)cc1. The Balaban J connectivity index is 1.51. The number of halogens is 1. The van der Waals surface area contributed by atoms with Crippen molar-refractivity contribution in [2.24, 2.45) is 0 Å². The van der Waals surface area contributed by atoms with E-state index in [9.17, 15) is 17.6 Å². The number of hydrogen-bond donors (Lipinski definition) is 0. The van der Waals surface area contributed by atoms with Crippen LogP contribution in [0.5, 0.6) is 11.5 Å². The Labute approximate surface area is 186 Å². The Kier molecular flexibility index (Phi) is 6.14. The van der Waals surface area contributed by atoms with Crippen LogP contribution >= 0.6 is 0 Å². The predicted molar refractivity (Wildman–Crippen MR) is 117 cm³/mol. The van der Waals surface area contributed by atoms with Gasteiger partial charge in [0.15, 0.2) is 0 Å². The van der Waals surface area contributed by atoms with Crippen LogP contribution in [0.15, 0.2) is 77.7 Å². The first-order valence-electron chi connectivity index (χ1n) is 10.1. The number of amides is 1. The lowest BCUT2D eigenvalue weighted by molar-refractivity contribution is 0.0729. The molecule has 6 nitrogen and oxygen atoms in total. The first-order valence-corrected chi connectivity index (χ1v) is 11.5. The summed E-state index contributed by atoms with van der Waals surface area (Å²) in [5, 5.41) is 0. The molecule has 0 N–H and O–H groups in total. The molecule has 1 aliphatic rings. The summed E-state index contributed by atoms with van der Waals surface area (Å²) in [5.41, 5.74) is 1.30. The van der Waals surface area contributed by atoms with E-state index in [1.54, 1.807) is 48.4 Å². The van der Waals surface area contributed by atoms with E-state index in [0.717, 1.165) is 42.7 Å². The zero-order chi connectivity index (χ0) is 22.7. The van der Waals surface area contributed by atoms with Gasteiger partial charge >= 0.3 is 10.1 Å². The van der Waals surface area contributed by atoms with Gasteiger partial charge in [0.25, 0.3) is 5.91 Å². The molecule has 166 valence electrons.